The van der Waals surface area contributed by atoms with Gasteiger partial charge >= 0.3 is 0 Å². The van der Waals surface area contributed by atoms with Crippen molar-refractivity contribution in [2.24, 2.45) is 0 Å². The van der Waals surface area contributed by atoms with Crippen LogP contribution in [0.3, 0.4) is 0 Å². The lowest BCUT2D eigenvalue weighted by Gasteiger charge is -2.27. The van der Waals surface area contributed by atoms with Crippen LogP contribution in [-0.2, 0) is 14.8 Å². The number of hydrogen-bond donors (Lipinski definition) is 1. The summed E-state index contributed by atoms with van der Waals surface area (Å²) in [6.45, 7) is 7.51. The molecule has 0 bridgehead atoms. The van der Waals surface area contributed by atoms with E-state index in [9.17, 15) is 13.2 Å². The van der Waals surface area contributed by atoms with E-state index in [-0.39, 0.29) is 23.4 Å². The monoisotopic (exact) mass is 450 g/mol. The minimum absolute atomic E-state index is 0.152. The summed E-state index contributed by atoms with van der Waals surface area (Å²) in [6.07, 6.45) is 0.698. The molecule has 0 aliphatic carbocycles. The molecule has 0 aliphatic rings. The molecule has 32 heavy (non-hydrogen) atoms. The number of carbonyl (C=O) groups excluding carboxylic acids is 1. The standard InChI is InChI=1S/C26H30N2O3S/c1-5-24(22-16-14-19(2)15-17-22)27-26(29)18-28(25-13-9-10-20(3)21(25)4)32(30,31)23-11-7-6-8-12-23/h6-17,24H,5,18H2,1-4H3,(H,27,29). The maximum atomic E-state index is 13.5. The Labute approximate surface area is 191 Å². The second kappa shape index (κ2) is 10.0. The summed E-state index contributed by atoms with van der Waals surface area (Å²) in [5, 5.41) is 3.02. The van der Waals surface area contributed by atoms with Crippen LogP contribution in [0, 0.1) is 20.8 Å². The van der Waals surface area contributed by atoms with Crippen LogP contribution in [0.4, 0.5) is 5.69 Å². The van der Waals surface area contributed by atoms with Gasteiger partial charge in [0.05, 0.1) is 16.6 Å². The number of carbonyl (C=O) groups is 1. The van der Waals surface area contributed by atoms with Gasteiger partial charge in [-0.3, -0.25) is 9.10 Å². The van der Waals surface area contributed by atoms with Gasteiger partial charge in [-0.1, -0.05) is 67.1 Å². The second-order valence-corrected chi connectivity index (χ2v) is 9.85. The molecular weight excluding hydrogens is 420 g/mol. The summed E-state index contributed by atoms with van der Waals surface area (Å²) in [6, 6.07) is 21.5. The van der Waals surface area contributed by atoms with Crippen molar-refractivity contribution in [2.75, 3.05) is 10.8 Å². The third-order valence-electron chi connectivity index (χ3n) is 5.69. The molecule has 0 saturated heterocycles. The van der Waals surface area contributed by atoms with Crippen LogP contribution in [0.2, 0.25) is 0 Å². The molecule has 0 aromatic heterocycles. The largest absolute Gasteiger partial charge is 0.348 e. The fourth-order valence-corrected chi connectivity index (χ4v) is 5.11. The fourth-order valence-electron chi connectivity index (χ4n) is 3.62. The Balaban J connectivity index is 1.94. The van der Waals surface area contributed by atoms with Gasteiger partial charge in [-0.15, -0.1) is 0 Å². The first-order valence-electron chi connectivity index (χ1n) is 10.7. The van der Waals surface area contributed by atoms with Gasteiger partial charge in [-0.25, -0.2) is 8.42 Å². The summed E-state index contributed by atoms with van der Waals surface area (Å²) in [5.74, 6) is -0.349. The zero-order valence-corrected chi connectivity index (χ0v) is 19.8. The summed E-state index contributed by atoms with van der Waals surface area (Å²) in [5.41, 5.74) is 4.43. The van der Waals surface area contributed by atoms with Crippen LogP contribution in [0.15, 0.2) is 77.7 Å². The molecule has 1 amide bonds. The topological polar surface area (TPSA) is 66.5 Å². The van der Waals surface area contributed by atoms with Gasteiger partial charge in [0.2, 0.25) is 5.91 Å². The molecule has 5 nitrogen and oxygen atoms in total. The Morgan fingerprint density at radius 1 is 0.906 bits per heavy atom. The molecule has 3 rings (SSSR count). The van der Waals surface area contributed by atoms with Crippen LogP contribution in [0.1, 0.15) is 41.6 Å². The van der Waals surface area contributed by atoms with Crippen molar-refractivity contribution in [3.8, 4) is 0 Å². The normalized spacial score (nSPS) is 12.2. The number of anilines is 1. The third-order valence-corrected chi connectivity index (χ3v) is 7.46. The second-order valence-electron chi connectivity index (χ2n) is 7.98. The molecule has 1 N–H and O–H groups in total. The number of benzene rings is 3. The lowest BCUT2D eigenvalue weighted by atomic mass is 10.0. The van der Waals surface area contributed by atoms with Crippen LogP contribution in [0.5, 0.6) is 0 Å². The molecule has 0 spiro atoms. The number of rotatable bonds is 8. The van der Waals surface area contributed by atoms with Crippen molar-refractivity contribution in [1.82, 2.24) is 5.32 Å². The molecular formula is C26H30N2O3S. The molecule has 0 fully saturated rings. The molecule has 3 aromatic carbocycles. The molecule has 168 valence electrons. The van der Waals surface area contributed by atoms with E-state index >= 15 is 0 Å². The van der Waals surface area contributed by atoms with Crippen molar-refractivity contribution in [3.05, 3.63) is 95.1 Å². The predicted molar refractivity (Wildman–Crippen MR) is 129 cm³/mol. The number of amides is 1. The van der Waals surface area contributed by atoms with Crippen molar-refractivity contribution in [3.63, 3.8) is 0 Å². The SMILES string of the molecule is CCC(NC(=O)CN(c1cccc(C)c1C)S(=O)(=O)c1ccccc1)c1ccc(C)cc1. The molecule has 1 unspecified atom stereocenters. The third kappa shape index (κ3) is 5.19. The molecule has 1 atom stereocenters. The molecule has 0 aliphatic heterocycles. The van der Waals surface area contributed by atoms with E-state index in [1.165, 1.54) is 4.31 Å². The highest BCUT2D eigenvalue weighted by molar-refractivity contribution is 7.92. The summed E-state index contributed by atoms with van der Waals surface area (Å²) < 4.78 is 28.3. The van der Waals surface area contributed by atoms with E-state index in [0.717, 1.165) is 22.3 Å². The van der Waals surface area contributed by atoms with Crippen molar-refractivity contribution >= 4 is 21.6 Å². The first kappa shape index (κ1) is 23.5. The van der Waals surface area contributed by atoms with Gasteiger partial charge in [-0.05, 0) is 62.1 Å². The quantitative estimate of drug-likeness (QED) is 0.521. The Bertz CT molecular complexity index is 1170. The number of sulfonamides is 1. The van der Waals surface area contributed by atoms with Crippen LogP contribution < -0.4 is 9.62 Å². The molecule has 3 aromatic rings. The number of nitrogens with one attached hydrogen (secondary N) is 1. The minimum atomic E-state index is -3.93. The lowest BCUT2D eigenvalue weighted by molar-refractivity contribution is -0.120. The van der Waals surface area contributed by atoms with Crippen molar-refractivity contribution in [2.45, 2.75) is 45.1 Å². The Morgan fingerprint density at radius 2 is 1.56 bits per heavy atom. The number of nitrogens with zero attached hydrogens (tertiary/aromatic N) is 1. The molecule has 0 heterocycles. The van der Waals surface area contributed by atoms with Crippen molar-refractivity contribution < 1.29 is 13.2 Å². The van der Waals surface area contributed by atoms with Gasteiger partial charge in [0, 0.05) is 0 Å². The first-order chi connectivity index (χ1) is 15.2. The highest BCUT2D eigenvalue weighted by atomic mass is 32.2. The van der Waals surface area contributed by atoms with E-state index in [0.29, 0.717) is 12.1 Å². The van der Waals surface area contributed by atoms with Gasteiger partial charge in [0.15, 0.2) is 0 Å². The summed E-state index contributed by atoms with van der Waals surface area (Å²) in [4.78, 5) is 13.2. The Morgan fingerprint density at radius 3 is 2.19 bits per heavy atom. The van der Waals surface area contributed by atoms with E-state index in [4.69, 9.17) is 0 Å². The van der Waals surface area contributed by atoms with E-state index in [2.05, 4.69) is 5.32 Å². The van der Waals surface area contributed by atoms with Gasteiger partial charge in [0.1, 0.15) is 6.54 Å². The lowest BCUT2D eigenvalue weighted by Crippen LogP contribution is -2.42. The molecule has 0 saturated carbocycles. The Hall–Kier alpha value is -3.12. The van der Waals surface area contributed by atoms with Gasteiger partial charge in [-0.2, -0.15) is 0 Å². The molecule has 6 heteroatoms. The van der Waals surface area contributed by atoms with Crippen LogP contribution >= 0.6 is 0 Å². The first-order valence-corrected chi connectivity index (χ1v) is 12.2. The molecule has 0 radical (unpaired) electrons. The Kier molecular flexibility index (Phi) is 7.36. The number of aryl methyl sites for hydroxylation is 2. The van der Waals surface area contributed by atoms with E-state index < -0.39 is 10.0 Å². The summed E-state index contributed by atoms with van der Waals surface area (Å²) in [7, 11) is -3.93. The van der Waals surface area contributed by atoms with Crippen LogP contribution in [0.25, 0.3) is 0 Å². The van der Waals surface area contributed by atoms with E-state index in [1.54, 1.807) is 36.4 Å². The fraction of sp³-hybridized carbons (Fsp3) is 0.269. The summed E-state index contributed by atoms with van der Waals surface area (Å²) >= 11 is 0. The maximum absolute atomic E-state index is 13.5. The maximum Gasteiger partial charge on any atom is 0.264 e. The predicted octanol–water partition coefficient (Wildman–Crippen LogP) is 5.07. The van der Waals surface area contributed by atoms with Gasteiger partial charge < -0.3 is 5.32 Å². The smallest absolute Gasteiger partial charge is 0.264 e. The van der Waals surface area contributed by atoms with Gasteiger partial charge in [0.25, 0.3) is 10.0 Å². The van der Waals surface area contributed by atoms with Crippen molar-refractivity contribution in [1.29, 1.82) is 0 Å². The van der Waals surface area contributed by atoms with E-state index in [1.807, 2.05) is 64.1 Å². The average molecular weight is 451 g/mol. The minimum Gasteiger partial charge on any atom is -0.348 e. The zero-order valence-electron chi connectivity index (χ0n) is 19.0. The highest BCUT2D eigenvalue weighted by Gasteiger charge is 2.29. The highest BCUT2D eigenvalue weighted by Crippen LogP contribution is 2.28. The van der Waals surface area contributed by atoms with Crippen LogP contribution in [-0.4, -0.2) is 20.9 Å². The zero-order chi connectivity index (χ0) is 23.3. The number of hydrogen-bond acceptors (Lipinski definition) is 3. The average Bonchev–Trinajstić information content (AvgIpc) is 2.79.